The van der Waals surface area contributed by atoms with Crippen LogP contribution in [0, 0.1) is 6.92 Å². The van der Waals surface area contributed by atoms with Gasteiger partial charge in [0, 0.05) is 32.0 Å². The topological polar surface area (TPSA) is 92.5 Å². The monoisotopic (exact) mass is 349 g/mol. The third kappa shape index (κ3) is 3.65. The summed E-state index contributed by atoms with van der Waals surface area (Å²) in [7, 11) is -3.26. The van der Waals surface area contributed by atoms with Crippen molar-refractivity contribution in [1.29, 1.82) is 0 Å². The van der Waals surface area contributed by atoms with Crippen molar-refractivity contribution < 1.29 is 17.6 Å². The lowest BCUT2D eigenvalue weighted by Crippen LogP contribution is -2.36. The number of carbonyl (C=O) groups excluding carboxylic acids is 1. The van der Waals surface area contributed by atoms with Gasteiger partial charge in [0.25, 0.3) is 5.91 Å². The number of carbonyl (C=O) groups is 1. The number of rotatable bonds is 4. The molecule has 0 bridgehead atoms. The molecule has 24 heavy (non-hydrogen) atoms. The van der Waals surface area contributed by atoms with Crippen LogP contribution in [0.1, 0.15) is 33.0 Å². The summed E-state index contributed by atoms with van der Waals surface area (Å²) in [6.07, 6.45) is 5.18. The van der Waals surface area contributed by atoms with E-state index in [-0.39, 0.29) is 12.5 Å². The van der Waals surface area contributed by atoms with E-state index >= 15 is 0 Å². The SMILES string of the molecule is Cc1ccc(C(=O)N2CCc3c(CNS(C)(=O)=O)cncc3C2)o1. The Morgan fingerprint density at radius 3 is 2.83 bits per heavy atom. The lowest BCUT2D eigenvalue weighted by Gasteiger charge is -2.29. The van der Waals surface area contributed by atoms with E-state index in [9.17, 15) is 13.2 Å². The van der Waals surface area contributed by atoms with Gasteiger partial charge in [0.05, 0.1) is 6.26 Å². The summed E-state index contributed by atoms with van der Waals surface area (Å²) >= 11 is 0. The molecule has 0 fully saturated rings. The van der Waals surface area contributed by atoms with Crippen LogP contribution < -0.4 is 4.72 Å². The number of hydrogen-bond acceptors (Lipinski definition) is 5. The summed E-state index contributed by atoms with van der Waals surface area (Å²) in [5.74, 6) is 0.888. The van der Waals surface area contributed by atoms with Crippen LogP contribution in [0.25, 0.3) is 0 Å². The van der Waals surface area contributed by atoms with Crippen LogP contribution >= 0.6 is 0 Å². The molecule has 0 aromatic carbocycles. The summed E-state index contributed by atoms with van der Waals surface area (Å²) in [5.41, 5.74) is 2.84. The van der Waals surface area contributed by atoms with E-state index in [2.05, 4.69) is 9.71 Å². The predicted octanol–water partition coefficient (Wildman–Crippen LogP) is 1.23. The van der Waals surface area contributed by atoms with Crippen molar-refractivity contribution in [1.82, 2.24) is 14.6 Å². The molecule has 1 N–H and O–H groups in total. The van der Waals surface area contributed by atoms with E-state index in [4.69, 9.17) is 4.42 Å². The summed E-state index contributed by atoms with van der Waals surface area (Å²) in [4.78, 5) is 18.4. The van der Waals surface area contributed by atoms with Crippen LogP contribution in [0.5, 0.6) is 0 Å². The highest BCUT2D eigenvalue weighted by atomic mass is 32.2. The average Bonchev–Trinajstić information content (AvgIpc) is 2.97. The van der Waals surface area contributed by atoms with Gasteiger partial charge in [-0.1, -0.05) is 0 Å². The number of nitrogens with zero attached hydrogens (tertiary/aromatic N) is 2. The number of pyridine rings is 1. The van der Waals surface area contributed by atoms with Crippen molar-refractivity contribution in [2.75, 3.05) is 12.8 Å². The molecule has 1 aliphatic rings. The Morgan fingerprint density at radius 1 is 1.38 bits per heavy atom. The number of fused-ring (bicyclic) bond motifs is 1. The molecule has 0 saturated carbocycles. The summed E-state index contributed by atoms with van der Waals surface area (Å²) in [5, 5.41) is 0. The molecular weight excluding hydrogens is 330 g/mol. The van der Waals surface area contributed by atoms with Crippen LogP contribution in [0.15, 0.2) is 28.9 Å². The maximum Gasteiger partial charge on any atom is 0.289 e. The van der Waals surface area contributed by atoms with Gasteiger partial charge in [-0.05, 0) is 42.2 Å². The third-order valence-electron chi connectivity index (χ3n) is 3.99. The minimum absolute atomic E-state index is 0.145. The molecule has 1 amide bonds. The number of aryl methyl sites for hydroxylation is 1. The molecule has 7 nitrogen and oxygen atoms in total. The number of amides is 1. The molecule has 0 aliphatic carbocycles. The molecule has 3 heterocycles. The van der Waals surface area contributed by atoms with Gasteiger partial charge in [-0.3, -0.25) is 9.78 Å². The van der Waals surface area contributed by atoms with Gasteiger partial charge in [-0.2, -0.15) is 0 Å². The van der Waals surface area contributed by atoms with E-state index in [0.29, 0.717) is 31.0 Å². The first-order chi connectivity index (χ1) is 11.3. The van der Waals surface area contributed by atoms with Crippen molar-refractivity contribution in [2.45, 2.75) is 26.4 Å². The van der Waals surface area contributed by atoms with Crippen LogP contribution in [0.2, 0.25) is 0 Å². The first kappa shape index (κ1) is 16.7. The number of furan rings is 1. The van der Waals surface area contributed by atoms with E-state index in [0.717, 1.165) is 22.9 Å². The molecule has 0 unspecified atom stereocenters. The third-order valence-corrected chi connectivity index (χ3v) is 4.66. The largest absolute Gasteiger partial charge is 0.456 e. The van der Waals surface area contributed by atoms with Gasteiger partial charge in [-0.25, -0.2) is 13.1 Å². The second kappa shape index (κ2) is 6.37. The molecule has 0 radical (unpaired) electrons. The average molecular weight is 349 g/mol. The van der Waals surface area contributed by atoms with Gasteiger partial charge in [0.2, 0.25) is 10.0 Å². The maximum absolute atomic E-state index is 12.5. The van der Waals surface area contributed by atoms with Crippen molar-refractivity contribution in [2.24, 2.45) is 0 Å². The molecule has 2 aromatic heterocycles. The van der Waals surface area contributed by atoms with Crippen LogP contribution in [-0.2, 0) is 29.5 Å². The van der Waals surface area contributed by atoms with Crippen molar-refractivity contribution >= 4 is 15.9 Å². The van der Waals surface area contributed by atoms with Gasteiger partial charge < -0.3 is 9.32 Å². The van der Waals surface area contributed by atoms with Crippen molar-refractivity contribution in [3.05, 3.63) is 52.7 Å². The molecule has 0 saturated heterocycles. The second-order valence-corrected chi connectivity index (χ2v) is 7.75. The van der Waals surface area contributed by atoms with Gasteiger partial charge >= 0.3 is 0 Å². The summed E-state index contributed by atoms with van der Waals surface area (Å²) in [6, 6.07) is 3.44. The predicted molar refractivity (Wildman–Crippen MR) is 87.8 cm³/mol. The highest BCUT2D eigenvalue weighted by Gasteiger charge is 2.25. The number of nitrogens with one attached hydrogen (secondary N) is 1. The molecule has 8 heteroatoms. The zero-order valence-electron chi connectivity index (χ0n) is 13.6. The molecule has 0 spiro atoms. The molecule has 3 rings (SSSR count). The molecule has 128 valence electrons. The molecule has 2 aromatic rings. The van der Waals surface area contributed by atoms with Crippen molar-refractivity contribution in [3.8, 4) is 0 Å². The lowest BCUT2D eigenvalue weighted by atomic mass is 9.97. The maximum atomic E-state index is 12.5. The molecule has 0 atom stereocenters. The lowest BCUT2D eigenvalue weighted by molar-refractivity contribution is 0.0700. The molecule has 1 aliphatic heterocycles. The fourth-order valence-corrected chi connectivity index (χ4v) is 3.23. The first-order valence-corrected chi connectivity index (χ1v) is 9.47. The van der Waals surface area contributed by atoms with Crippen LogP contribution in [-0.4, -0.2) is 37.0 Å². The summed E-state index contributed by atoms with van der Waals surface area (Å²) < 4.78 is 30.4. The number of aromatic nitrogens is 1. The van der Waals surface area contributed by atoms with Crippen LogP contribution in [0.4, 0.5) is 0 Å². The molecular formula is C16H19N3O4S. The highest BCUT2D eigenvalue weighted by Crippen LogP contribution is 2.23. The zero-order valence-corrected chi connectivity index (χ0v) is 14.4. The standard InChI is InChI=1S/C16H19N3O4S/c1-11-3-4-15(23-11)16(20)19-6-5-14-12(9-18-24(2,21)22)7-17-8-13(14)10-19/h3-4,7-8,18H,5-6,9-10H2,1-2H3. The fourth-order valence-electron chi connectivity index (χ4n) is 2.81. The Balaban J connectivity index is 1.78. The minimum atomic E-state index is -3.26. The van der Waals surface area contributed by atoms with Gasteiger partial charge in [0.15, 0.2) is 5.76 Å². The number of hydrogen-bond donors (Lipinski definition) is 1. The summed E-state index contributed by atoms with van der Waals surface area (Å²) in [6.45, 7) is 3.00. The smallest absolute Gasteiger partial charge is 0.289 e. The minimum Gasteiger partial charge on any atom is -0.456 e. The zero-order chi connectivity index (χ0) is 17.3. The Labute approximate surface area is 140 Å². The van der Waals surface area contributed by atoms with Crippen molar-refractivity contribution in [3.63, 3.8) is 0 Å². The Morgan fingerprint density at radius 2 is 2.17 bits per heavy atom. The second-order valence-electron chi connectivity index (χ2n) is 5.92. The van der Waals surface area contributed by atoms with E-state index in [1.54, 1.807) is 36.4 Å². The first-order valence-electron chi connectivity index (χ1n) is 7.58. The van der Waals surface area contributed by atoms with Crippen LogP contribution in [0.3, 0.4) is 0 Å². The number of sulfonamides is 1. The van der Waals surface area contributed by atoms with E-state index in [1.165, 1.54) is 0 Å². The quantitative estimate of drug-likeness (QED) is 0.896. The van der Waals surface area contributed by atoms with Gasteiger partial charge in [-0.15, -0.1) is 0 Å². The van der Waals surface area contributed by atoms with E-state index in [1.807, 2.05) is 0 Å². The van der Waals surface area contributed by atoms with Gasteiger partial charge in [0.1, 0.15) is 5.76 Å². The Bertz CT molecular complexity index is 873. The van der Waals surface area contributed by atoms with E-state index < -0.39 is 10.0 Å². The fraction of sp³-hybridized carbons (Fsp3) is 0.375. The Kier molecular flexibility index (Phi) is 4.42. The Hall–Kier alpha value is -2.19. The highest BCUT2D eigenvalue weighted by molar-refractivity contribution is 7.88. The normalized spacial score (nSPS) is 14.5.